The minimum Gasteiger partial charge on any atom is -0.610 e. The van der Waals surface area contributed by atoms with E-state index in [1.165, 1.54) is 38.1 Å². The first-order chi connectivity index (χ1) is 45.0. The van der Waals surface area contributed by atoms with Crippen LogP contribution in [0.4, 0.5) is 5.69 Å². The molecule has 0 saturated carbocycles. The fourth-order valence-corrected chi connectivity index (χ4v) is 12.8. The maximum Gasteiger partial charge on any atom is 0.248 e. The number of anilines is 1. The van der Waals surface area contributed by atoms with Gasteiger partial charge in [-0.3, -0.25) is 72.0 Å². The number of amides is 14. The third kappa shape index (κ3) is 19.0. The van der Waals surface area contributed by atoms with E-state index in [4.69, 9.17) is 0 Å². The van der Waals surface area contributed by atoms with Crippen LogP contribution in [0.15, 0.2) is 53.6 Å². The molecule has 2 bridgehead atoms. The van der Waals surface area contributed by atoms with Crippen molar-refractivity contribution in [3.8, 4) is 0 Å². The van der Waals surface area contributed by atoms with E-state index in [9.17, 15) is 82.2 Å². The van der Waals surface area contributed by atoms with Crippen LogP contribution in [-0.4, -0.2) is 222 Å². The molecule has 5 heterocycles. The molecule has 32 nitrogen and oxygen atoms in total. The van der Waals surface area contributed by atoms with E-state index in [0.717, 1.165) is 9.80 Å². The molecule has 1 aromatic heterocycles. The topological polar surface area (TPSA) is 477 Å². The molecule has 7 rings (SSSR count). The normalized spacial score (nSPS) is 25.2. The van der Waals surface area contributed by atoms with E-state index in [0.29, 0.717) is 22.9 Å². The van der Waals surface area contributed by atoms with Gasteiger partial charge in [0.05, 0.1) is 43.6 Å². The molecule has 0 spiro atoms. The summed E-state index contributed by atoms with van der Waals surface area (Å²) in [5.74, 6) is -15.2. The van der Waals surface area contributed by atoms with E-state index in [1.807, 2.05) is 0 Å². The average Bonchev–Trinajstić information content (AvgIpc) is 1.66. The van der Waals surface area contributed by atoms with Gasteiger partial charge in [0.15, 0.2) is 6.04 Å². The highest BCUT2D eigenvalue weighted by molar-refractivity contribution is 7.91. The van der Waals surface area contributed by atoms with Gasteiger partial charge >= 0.3 is 0 Å². The number of carbonyl (C=O) groups is 14. The summed E-state index contributed by atoms with van der Waals surface area (Å²) in [6, 6.07) is -0.0242. The van der Waals surface area contributed by atoms with Crippen LogP contribution >= 0.6 is 12.6 Å². The Morgan fingerprint density at radius 2 is 1.42 bits per heavy atom. The summed E-state index contributed by atoms with van der Waals surface area (Å²) in [4.78, 5) is 198. The fraction of sp³-hybridized carbons (Fsp3) is 0.541. The first-order valence-corrected chi connectivity index (χ1v) is 32.9. The lowest BCUT2D eigenvalue weighted by Crippen LogP contribution is -2.62. The van der Waals surface area contributed by atoms with E-state index in [1.54, 1.807) is 52.0 Å². The van der Waals surface area contributed by atoms with E-state index >= 15 is 4.79 Å². The Hall–Kier alpha value is -8.70. The monoisotopic (exact) mass is 1360 g/mol. The third-order valence-corrected chi connectivity index (χ3v) is 18.8. The number of fused-ring (bicyclic) bond motifs is 5. The molecular formula is C61H82N14O18S2. The van der Waals surface area contributed by atoms with Crippen LogP contribution in [-0.2, 0) is 91.3 Å². The van der Waals surface area contributed by atoms with Crippen LogP contribution in [0.2, 0.25) is 0 Å². The minimum atomic E-state index is -2.39. The molecule has 3 unspecified atom stereocenters. The largest absolute Gasteiger partial charge is 0.610 e. The highest BCUT2D eigenvalue weighted by Crippen LogP contribution is 2.30. The number of aromatic amines is 1. The molecule has 2 saturated heterocycles. The van der Waals surface area contributed by atoms with Gasteiger partial charge in [-0.15, -0.1) is 0 Å². The molecule has 34 heteroatoms. The minimum absolute atomic E-state index is 0.0883. The number of rotatable bonds is 18. The van der Waals surface area contributed by atoms with Crippen LogP contribution in [0.5, 0.6) is 0 Å². The zero-order valence-electron chi connectivity index (χ0n) is 53.1. The Kier molecular flexibility index (Phi) is 25.7. The van der Waals surface area contributed by atoms with Gasteiger partial charge in [0.25, 0.3) is 0 Å². The molecule has 3 aromatic rings. The Bertz CT molecular complexity index is 3430. The molecule has 2 fully saturated rings. The van der Waals surface area contributed by atoms with E-state index in [2.05, 4.69) is 76.1 Å². The van der Waals surface area contributed by atoms with Gasteiger partial charge in [0.1, 0.15) is 48.0 Å². The van der Waals surface area contributed by atoms with Crippen LogP contribution in [0, 0.1) is 17.8 Å². The number of para-hydroxylation sites is 1. The van der Waals surface area contributed by atoms with Crippen molar-refractivity contribution in [2.45, 2.75) is 157 Å². The second-order valence-electron chi connectivity index (χ2n) is 24.3. The predicted octanol–water partition coefficient (Wildman–Crippen LogP) is -4.76. The molecule has 4 aliphatic rings. The highest BCUT2D eigenvalue weighted by Gasteiger charge is 2.46. The lowest BCUT2D eigenvalue weighted by Gasteiger charge is -2.33. The highest BCUT2D eigenvalue weighted by atomic mass is 32.2. The van der Waals surface area contributed by atoms with Crippen molar-refractivity contribution in [2.75, 3.05) is 43.9 Å². The summed E-state index contributed by atoms with van der Waals surface area (Å²) in [6.45, 7) is 5.92. The average molecular weight is 1360 g/mol. The summed E-state index contributed by atoms with van der Waals surface area (Å²) >= 11 is 1.69. The quantitative estimate of drug-likeness (QED) is 0.0323. The second kappa shape index (κ2) is 33.1. The van der Waals surface area contributed by atoms with Crippen molar-refractivity contribution in [1.82, 2.24) is 68.0 Å². The second-order valence-corrected chi connectivity index (χ2v) is 26.4. The van der Waals surface area contributed by atoms with Gasteiger partial charge in [-0.25, -0.2) is 0 Å². The zero-order chi connectivity index (χ0) is 69.7. The molecule has 516 valence electrons. The number of nitrogens with zero attached hydrogens (tertiary/aromatic N) is 2. The lowest BCUT2D eigenvalue weighted by atomic mass is 9.93. The van der Waals surface area contributed by atoms with Crippen LogP contribution in [0.25, 0.3) is 10.9 Å². The molecule has 4 aliphatic heterocycles. The summed E-state index contributed by atoms with van der Waals surface area (Å²) < 4.78 is 15.0. The summed E-state index contributed by atoms with van der Waals surface area (Å²) in [7, 11) is 0. The molecule has 15 N–H and O–H groups in total. The summed E-state index contributed by atoms with van der Waals surface area (Å²) in [6.07, 6.45) is -4.99. The molecule has 95 heavy (non-hydrogen) atoms. The van der Waals surface area contributed by atoms with Gasteiger partial charge in [-0.2, -0.15) is 12.6 Å². The van der Waals surface area contributed by atoms with Gasteiger partial charge in [0.2, 0.25) is 87.7 Å². The van der Waals surface area contributed by atoms with Crippen molar-refractivity contribution < 1.29 is 87.0 Å². The Morgan fingerprint density at radius 1 is 0.747 bits per heavy atom. The summed E-state index contributed by atoms with van der Waals surface area (Å²) in [5.41, 5.74) is 1.19. The smallest absolute Gasteiger partial charge is 0.248 e. The van der Waals surface area contributed by atoms with Crippen molar-refractivity contribution in [3.63, 3.8) is 0 Å². The van der Waals surface area contributed by atoms with E-state index in [-0.39, 0.29) is 42.2 Å². The molecule has 0 aliphatic carbocycles. The third-order valence-electron chi connectivity index (χ3n) is 17.0. The van der Waals surface area contributed by atoms with Crippen LogP contribution in [0.1, 0.15) is 84.8 Å². The number of nitrogens with one attached hydrogen (secondary N) is 12. The number of hydrogen-bond acceptors (Lipinski definition) is 19. The predicted molar refractivity (Wildman–Crippen MR) is 341 cm³/mol. The number of carbonyl (C=O) groups excluding carboxylic acids is 14. The number of aromatic nitrogens is 1. The first-order valence-electron chi connectivity index (χ1n) is 31.1. The first kappa shape index (κ1) is 73.7. The standard InChI is InChI=1S/C61H82N14O18S2/c1-7-29(4)50-56(88)64-23-46(81)67-40-27-95(93)59-36(35-10-8-9-11-37(35)70-59)19-38(53(85)63-24-47(82)72-50)68-58(90)51(30(5)42(78)26-76)73-55(87)41-18-34(77)25-75(41)60(91)39(69-54(40)86)20-45(80)62-22-32-12-14-33(15-13-32)66-52(84)31(6)65-57(89)49(28(2)3)71-44(79)16-17-74-48(83)21-43(94)61(74)92/h8-15,28-31,34,38-43,49-51,70,76-78,94H,7,16-27H2,1-6H3,(H,62,80)(H,63,85)(H,64,88)(H,65,89)(H,66,84)(H,67,81)(H,68,90)(H,69,86)(H,71,79)(H,72,82)(H,73,87)/t29-,30-,31-,34+,38-,39-,40-,41-,42-,43?,49-,50?,51-,95?/m0/s1. The van der Waals surface area contributed by atoms with Gasteiger partial charge in [0, 0.05) is 84.6 Å². The number of imide groups is 1. The molecular weight excluding hydrogens is 1280 g/mol. The van der Waals surface area contributed by atoms with Gasteiger partial charge < -0.3 is 88.2 Å². The molecule has 2 aromatic carbocycles. The SMILES string of the molecule is CC[C@H](C)C1NC(=O)CNC(=O)[C@@H]2Cc3c([nH]c4ccccc34)[S+]([O-])C[C@H](NC(=O)CNC1=O)C(=O)N[C@@H](CC(=O)NCc1ccc(NC(=O)[C@H](C)NC(=O)[C@@H](NC(=O)CCN3C(=O)CC(S)C3=O)C(C)C)cc1)C(=O)N1C[C@H](O)C[C@H]1C(=O)N[C@@H]([C@@H](C)[C@@H](O)CO)C(=O)N2. The maximum atomic E-state index is 15.0. The maximum absolute atomic E-state index is 15.0. The Labute approximate surface area is 554 Å². The molecule has 14 atom stereocenters. The van der Waals surface area contributed by atoms with Crippen molar-refractivity contribution >= 4 is 123 Å². The number of benzene rings is 2. The molecule has 0 radical (unpaired) electrons. The molecule has 14 amide bonds. The Morgan fingerprint density at radius 3 is 2.07 bits per heavy atom. The summed E-state index contributed by atoms with van der Waals surface area (Å²) in [5, 5.41) is 59.6. The van der Waals surface area contributed by atoms with Crippen LogP contribution in [0.3, 0.4) is 0 Å². The van der Waals surface area contributed by atoms with Crippen molar-refractivity contribution in [3.05, 3.63) is 59.7 Å². The van der Waals surface area contributed by atoms with Gasteiger partial charge in [-0.05, 0) is 42.5 Å². The van der Waals surface area contributed by atoms with Crippen LogP contribution < -0.4 is 58.5 Å². The lowest BCUT2D eigenvalue weighted by molar-refractivity contribution is -0.144. The fourth-order valence-electron chi connectivity index (χ4n) is 11.1. The number of aliphatic hydroxyl groups is 3. The number of hydrogen-bond donors (Lipinski definition) is 16. The number of thiol groups is 1. The number of likely N-dealkylation sites (tertiary alicyclic amines) is 1. The number of aliphatic hydroxyl groups excluding tert-OH is 3. The van der Waals surface area contributed by atoms with Gasteiger partial charge in [-0.1, -0.05) is 71.4 Å². The van der Waals surface area contributed by atoms with Crippen molar-refractivity contribution in [2.24, 2.45) is 17.8 Å². The van der Waals surface area contributed by atoms with E-state index < -0.39 is 229 Å². The Balaban J connectivity index is 1.15. The number of H-pyrrole nitrogens is 1. The van der Waals surface area contributed by atoms with Crippen molar-refractivity contribution in [1.29, 1.82) is 0 Å². The zero-order valence-corrected chi connectivity index (χ0v) is 54.8.